The second-order valence-electron chi connectivity index (χ2n) is 3.83. The van der Waals surface area contributed by atoms with Gasteiger partial charge >= 0.3 is 0 Å². The molecule has 6 nitrogen and oxygen atoms in total. The van der Waals surface area contributed by atoms with Crippen LogP contribution < -0.4 is 10.6 Å². The number of carbonyl (C=O) groups excluding carboxylic acids is 1. The van der Waals surface area contributed by atoms with E-state index >= 15 is 0 Å². The number of nitrogens with one attached hydrogen (secondary N) is 2. The normalized spacial score (nSPS) is 9.95. The second-order valence-corrected chi connectivity index (χ2v) is 3.83. The molecule has 0 fully saturated rings. The third kappa shape index (κ3) is 3.48. The summed E-state index contributed by atoms with van der Waals surface area (Å²) in [7, 11) is 0. The SMILES string of the molecule is CCNc1cnccc1C(=O)NCc1ccncn1. The van der Waals surface area contributed by atoms with Crippen molar-refractivity contribution in [3.63, 3.8) is 0 Å². The Hall–Kier alpha value is -2.50. The average Bonchev–Trinajstić information content (AvgIpc) is 2.47. The first-order valence-electron chi connectivity index (χ1n) is 6.02. The van der Waals surface area contributed by atoms with E-state index in [2.05, 4.69) is 25.6 Å². The Morgan fingerprint density at radius 2 is 2.11 bits per heavy atom. The number of hydrogen-bond donors (Lipinski definition) is 2. The fourth-order valence-electron chi connectivity index (χ4n) is 1.61. The van der Waals surface area contributed by atoms with E-state index in [0.717, 1.165) is 17.9 Å². The predicted molar refractivity (Wildman–Crippen MR) is 71.6 cm³/mol. The quantitative estimate of drug-likeness (QED) is 0.842. The van der Waals surface area contributed by atoms with Crippen LogP contribution in [0.15, 0.2) is 37.1 Å². The Labute approximate surface area is 111 Å². The number of aromatic nitrogens is 3. The summed E-state index contributed by atoms with van der Waals surface area (Å²) in [6.07, 6.45) is 6.34. The molecule has 2 aromatic heterocycles. The fourth-order valence-corrected chi connectivity index (χ4v) is 1.61. The van der Waals surface area contributed by atoms with Crippen LogP contribution in [0.25, 0.3) is 0 Å². The van der Waals surface area contributed by atoms with Gasteiger partial charge in [-0.2, -0.15) is 0 Å². The summed E-state index contributed by atoms with van der Waals surface area (Å²) >= 11 is 0. The van der Waals surface area contributed by atoms with Gasteiger partial charge in [-0.05, 0) is 19.1 Å². The summed E-state index contributed by atoms with van der Waals surface area (Å²) in [6, 6.07) is 3.45. The maximum atomic E-state index is 12.1. The van der Waals surface area contributed by atoms with Crippen molar-refractivity contribution >= 4 is 11.6 Å². The van der Waals surface area contributed by atoms with Gasteiger partial charge in [0.2, 0.25) is 0 Å². The van der Waals surface area contributed by atoms with Gasteiger partial charge in [0, 0.05) is 18.9 Å². The Morgan fingerprint density at radius 3 is 2.84 bits per heavy atom. The number of nitrogens with zero attached hydrogens (tertiary/aromatic N) is 3. The molecule has 6 heteroatoms. The summed E-state index contributed by atoms with van der Waals surface area (Å²) in [5, 5.41) is 5.92. The van der Waals surface area contributed by atoms with Crippen molar-refractivity contribution in [1.29, 1.82) is 0 Å². The third-order valence-corrected chi connectivity index (χ3v) is 2.51. The van der Waals surface area contributed by atoms with Crippen molar-refractivity contribution in [1.82, 2.24) is 20.3 Å². The van der Waals surface area contributed by atoms with Gasteiger partial charge in [-0.1, -0.05) is 0 Å². The van der Waals surface area contributed by atoms with Crippen molar-refractivity contribution < 1.29 is 4.79 Å². The lowest BCUT2D eigenvalue weighted by molar-refractivity contribution is 0.0951. The lowest BCUT2D eigenvalue weighted by atomic mass is 10.2. The number of anilines is 1. The monoisotopic (exact) mass is 257 g/mol. The van der Waals surface area contributed by atoms with Crippen molar-refractivity contribution in [2.45, 2.75) is 13.5 Å². The van der Waals surface area contributed by atoms with E-state index in [4.69, 9.17) is 0 Å². The van der Waals surface area contributed by atoms with Gasteiger partial charge in [0.15, 0.2) is 0 Å². The average molecular weight is 257 g/mol. The molecule has 0 saturated carbocycles. The minimum atomic E-state index is -0.156. The number of hydrogen-bond acceptors (Lipinski definition) is 5. The van der Waals surface area contributed by atoms with E-state index in [1.54, 1.807) is 30.7 Å². The van der Waals surface area contributed by atoms with E-state index in [-0.39, 0.29) is 5.91 Å². The molecule has 0 aliphatic carbocycles. The molecule has 0 spiro atoms. The summed E-state index contributed by atoms with van der Waals surface area (Å²) in [6.45, 7) is 3.07. The van der Waals surface area contributed by atoms with Gasteiger partial charge in [0.25, 0.3) is 5.91 Å². The molecule has 0 aliphatic heterocycles. The van der Waals surface area contributed by atoms with Crippen LogP contribution in [0, 0.1) is 0 Å². The Bertz CT molecular complexity index is 544. The first-order chi connectivity index (χ1) is 9.31. The fraction of sp³-hybridized carbons (Fsp3) is 0.231. The summed E-state index contributed by atoms with van der Waals surface area (Å²) in [4.78, 5) is 24.0. The topological polar surface area (TPSA) is 79.8 Å². The molecule has 0 saturated heterocycles. The molecule has 0 radical (unpaired) electrons. The molecule has 0 unspecified atom stereocenters. The minimum Gasteiger partial charge on any atom is -0.383 e. The molecule has 2 N–H and O–H groups in total. The van der Waals surface area contributed by atoms with E-state index in [0.29, 0.717) is 12.1 Å². The van der Waals surface area contributed by atoms with Gasteiger partial charge in [0.05, 0.1) is 29.7 Å². The highest BCUT2D eigenvalue weighted by Gasteiger charge is 2.10. The van der Waals surface area contributed by atoms with Crippen LogP contribution in [0.4, 0.5) is 5.69 Å². The summed E-state index contributed by atoms with van der Waals surface area (Å²) < 4.78 is 0. The van der Waals surface area contributed by atoms with Crippen molar-refractivity contribution in [2.24, 2.45) is 0 Å². The van der Waals surface area contributed by atoms with Crippen LogP contribution in [0.2, 0.25) is 0 Å². The molecular formula is C13H15N5O. The van der Waals surface area contributed by atoms with Crippen LogP contribution in [-0.4, -0.2) is 27.4 Å². The molecule has 0 atom stereocenters. The van der Waals surface area contributed by atoms with Crippen LogP contribution in [0.5, 0.6) is 0 Å². The Kier molecular flexibility index (Phi) is 4.39. The van der Waals surface area contributed by atoms with Crippen LogP contribution in [0.3, 0.4) is 0 Å². The first kappa shape index (κ1) is 12.9. The highest BCUT2D eigenvalue weighted by Crippen LogP contribution is 2.12. The molecule has 2 aromatic rings. The molecule has 1 amide bonds. The molecule has 0 aromatic carbocycles. The van der Waals surface area contributed by atoms with Crippen molar-refractivity contribution in [2.75, 3.05) is 11.9 Å². The highest BCUT2D eigenvalue weighted by molar-refractivity contribution is 5.99. The van der Waals surface area contributed by atoms with E-state index in [1.165, 1.54) is 6.33 Å². The molecule has 2 rings (SSSR count). The van der Waals surface area contributed by atoms with Gasteiger partial charge < -0.3 is 10.6 Å². The minimum absolute atomic E-state index is 0.156. The molecule has 19 heavy (non-hydrogen) atoms. The zero-order valence-corrected chi connectivity index (χ0v) is 10.6. The second kappa shape index (κ2) is 6.44. The maximum absolute atomic E-state index is 12.1. The summed E-state index contributed by atoms with van der Waals surface area (Å²) in [5.41, 5.74) is 2.07. The third-order valence-electron chi connectivity index (χ3n) is 2.51. The summed E-state index contributed by atoms with van der Waals surface area (Å²) in [5.74, 6) is -0.156. The van der Waals surface area contributed by atoms with Crippen molar-refractivity contribution in [3.8, 4) is 0 Å². The van der Waals surface area contributed by atoms with E-state index < -0.39 is 0 Å². The Balaban J connectivity index is 2.04. The lowest BCUT2D eigenvalue weighted by Crippen LogP contribution is -2.24. The first-order valence-corrected chi connectivity index (χ1v) is 6.02. The smallest absolute Gasteiger partial charge is 0.253 e. The van der Waals surface area contributed by atoms with Gasteiger partial charge in [0.1, 0.15) is 6.33 Å². The Morgan fingerprint density at radius 1 is 1.26 bits per heavy atom. The maximum Gasteiger partial charge on any atom is 0.253 e. The van der Waals surface area contributed by atoms with Gasteiger partial charge in [-0.3, -0.25) is 9.78 Å². The van der Waals surface area contributed by atoms with Gasteiger partial charge in [-0.25, -0.2) is 9.97 Å². The number of carbonyl (C=O) groups is 1. The predicted octanol–water partition coefficient (Wildman–Crippen LogP) is 1.23. The van der Waals surface area contributed by atoms with E-state index in [9.17, 15) is 4.79 Å². The zero-order chi connectivity index (χ0) is 13.5. The van der Waals surface area contributed by atoms with E-state index in [1.807, 2.05) is 6.92 Å². The highest BCUT2D eigenvalue weighted by atomic mass is 16.1. The zero-order valence-electron chi connectivity index (χ0n) is 10.6. The molecule has 2 heterocycles. The van der Waals surface area contributed by atoms with Crippen molar-refractivity contribution in [3.05, 3.63) is 48.3 Å². The van der Waals surface area contributed by atoms with Crippen LogP contribution >= 0.6 is 0 Å². The van der Waals surface area contributed by atoms with Crippen LogP contribution in [-0.2, 0) is 6.54 Å². The molecule has 0 aliphatic rings. The standard InChI is InChI=1S/C13H15N5O/c1-2-16-12-8-14-6-4-11(12)13(19)17-7-10-3-5-15-9-18-10/h3-6,8-9,16H,2,7H2,1H3,(H,17,19). The number of pyridine rings is 1. The molecular weight excluding hydrogens is 242 g/mol. The number of rotatable bonds is 5. The largest absolute Gasteiger partial charge is 0.383 e. The van der Waals surface area contributed by atoms with Gasteiger partial charge in [-0.15, -0.1) is 0 Å². The lowest BCUT2D eigenvalue weighted by Gasteiger charge is -2.10. The van der Waals surface area contributed by atoms with Crippen LogP contribution in [0.1, 0.15) is 23.0 Å². The molecule has 98 valence electrons. The molecule has 0 bridgehead atoms. The number of amides is 1.